The number of benzene rings is 2. The molecule has 0 saturated heterocycles. The average molecular weight is 378 g/mol. The number of hydrogen-bond acceptors (Lipinski definition) is 3. The number of fused-ring (bicyclic) bond motifs is 1. The molecule has 0 aliphatic carbocycles. The topological polar surface area (TPSA) is 71.3 Å². The predicted octanol–water partition coefficient (Wildman–Crippen LogP) is 4.46. The van der Waals surface area contributed by atoms with Crippen LogP contribution in [0.5, 0.6) is 0 Å². The van der Waals surface area contributed by atoms with Crippen molar-refractivity contribution in [2.45, 2.75) is 25.8 Å². The quantitative estimate of drug-likeness (QED) is 0.704. The second-order valence-electron chi connectivity index (χ2n) is 6.83. The summed E-state index contributed by atoms with van der Waals surface area (Å²) < 4.78 is 18.7. The van der Waals surface area contributed by atoms with Gasteiger partial charge in [0.25, 0.3) is 5.91 Å². The van der Waals surface area contributed by atoms with Crippen molar-refractivity contribution in [1.29, 1.82) is 0 Å². The van der Waals surface area contributed by atoms with Crippen LogP contribution >= 0.6 is 0 Å². The van der Waals surface area contributed by atoms with Crippen molar-refractivity contribution in [3.63, 3.8) is 0 Å². The van der Waals surface area contributed by atoms with E-state index in [1.165, 1.54) is 12.1 Å². The number of carbonyl (C=O) groups is 2. The summed E-state index contributed by atoms with van der Waals surface area (Å²) in [5.41, 5.74) is 3.54. The van der Waals surface area contributed by atoms with Gasteiger partial charge in [-0.15, -0.1) is 0 Å². The lowest BCUT2D eigenvalue weighted by atomic mass is 9.98. The summed E-state index contributed by atoms with van der Waals surface area (Å²) in [6, 6.07) is 14.7. The lowest BCUT2D eigenvalue weighted by molar-refractivity contribution is -0.116. The molecule has 2 heterocycles. The molecule has 0 spiro atoms. The fourth-order valence-corrected chi connectivity index (χ4v) is 3.25. The normalized spacial score (nSPS) is 14.1. The Morgan fingerprint density at radius 1 is 1.11 bits per heavy atom. The van der Waals surface area contributed by atoms with Gasteiger partial charge in [-0.25, -0.2) is 4.39 Å². The van der Waals surface area contributed by atoms with Gasteiger partial charge in [-0.1, -0.05) is 12.1 Å². The summed E-state index contributed by atoms with van der Waals surface area (Å²) in [6.45, 7) is 1.89. The molecule has 1 aliphatic rings. The molecule has 0 unspecified atom stereocenters. The first-order valence-corrected chi connectivity index (χ1v) is 9.09. The highest BCUT2D eigenvalue weighted by molar-refractivity contribution is 5.94. The number of rotatable bonds is 4. The van der Waals surface area contributed by atoms with Gasteiger partial charge in [-0.05, 0) is 66.9 Å². The minimum atomic E-state index is -0.327. The Labute approximate surface area is 161 Å². The molecular formula is C22H19FN2O3. The van der Waals surface area contributed by atoms with E-state index in [4.69, 9.17) is 4.42 Å². The van der Waals surface area contributed by atoms with E-state index in [-0.39, 0.29) is 29.4 Å². The molecule has 2 aromatic carbocycles. The summed E-state index contributed by atoms with van der Waals surface area (Å²) in [7, 11) is 0. The van der Waals surface area contributed by atoms with Crippen molar-refractivity contribution in [3.05, 3.63) is 77.3 Å². The van der Waals surface area contributed by atoms with Crippen molar-refractivity contribution < 1.29 is 18.4 Å². The molecule has 28 heavy (non-hydrogen) atoms. The minimum Gasteiger partial charge on any atom is -0.451 e. The first kappa shape index (κ1) is 18.0. The van der Waals surface area contributed by atoms with Crippen LogP contribution in [0.3, 0.4) is 0 Å². The van der Waals surface area contributed by atoms with Crippen LogP contribution in [0.2, 0.25) is 0 Å². The molecule has 6 heteroatoms. The zero-order chi connectivity index (χ0) is 19.7. The highest BCUT2D eigenvalue weighted by Gasteiger charge is 2.19. The van der Waals surface area contributed by atoms with E-state index in [2.05, 4.69) is 10.6 Å². The molecule has 1 atom stereocenters. The third-order valence-electron chi connectivity index (χ3n) is 4.83. The molecule has 1 aromatic heterocycles. The number of carbonyl (C=O) groups excluding carboxylic acids is 2. The maximum atomic E-state index is 13.0. The number of amides is 2. The van der Waals surface area contributed by atoms with Crippen molar-refractivity contribution in [3.8, 4) is 11.3 Å². The molecule has 2 amide bonds. The van der Waals surface area contributed by atoms with Crippen LogP contribution in [0.15, 0.2) is 59.0 Å². The van der Waals surface area contributed by atoms with E-state index in [0.29, 0.717) is 24.2 Å². The number of hydrogen-bond donors (Lipinski definition) is 2. The average Bonchev–Trinajstić information content (AvgIpc) is 3.18. The monoisotopic (exact) mass is 378 g/mol. The van der Waals surface area contributed by atoms with Crippen molar-refractivity contribution in [1.82, 2.24) is 5.32 Å². The third-order valence-corrected chi connectivity index (χ3v) is 4.83. The van der Waals surface area contributed by atoms with E-state index in [1.54, 1.807) is 24.3 Å². The maximum Gasteiger partial charge on any atom is 0.287 e. The summed E-state index contributed by atoms with van der Waals surface area (Å²) in [5.74, 6) is 0.0636. The maximum absolute atomic E-state index is 13.0. The summed E-state index contributed by atoms with van der Waals surface area (Å²) in [4.78, 5) is 24.0. The molecule has 0 radical (unpaired) electrons. The predicted molar refractivity (Wildman–Crippen MR) is 103 cm³/mol. The fraction of sp³-hybridized carbons (Fsp3) is 0.182. The van der Waals surface area contributed by atoms with Gasteiger partial charge in [0, 0.05) is 17.7 Å². The molecule has 5 nitrogen and oxygen atoms in total. The Bertz CT molecular complexity index is 1040. The van der Waals surface area contributed by atoms with E-state index in [1.807, 2.05) is 25.1 Å². The lowest BCUT2D eigenvalue weighted by Gasteiger charge is -2.20. The van der Waals surface area contributed by atoms with Crippen molar-refractivity contribution >= 4 is 17.5 Å². The number of nitrogens with one attached hydrogen (secondary N) is 2. The van der Waals surface area contributed by atoms with Gasteiger partial charge < -0.3 is 15.1 Å². The Morgan fingerprint density at radius 2 is 1.89 bits per heavy atom. The largest absolute Gasteiger partial charge is 0.451 e. The highest BCUT2D eigenvalue weighted by atomic mass is 19.1. The Balaban J connectivity index is 1.46. The number of halogens is 1. The van der Waals surface area contributed by atoms with Crippen LogP contribution in [0.1, 0.15) is 41.1 Å². The molecule has 0 bridgehead atoms. The number of anilines is 1. The second-order valence-corrected chi connectivity index (χ2v) is 6.83. The van der Waals surface area contributed by atoms with Gasteiger partial charge >= 0.3 is 0 Å². The first-order chi connectivity index (χ1) is 13.5. The molecule has 2 N–H and O–H groups in total. The van der Waals surface area contributed by atoms with Crippen LogP contribution in [-0.2, 0) is 11.2 Å². The number of furan rings is 1. The van der Waals surface area contributed by atoms with Crippen molar-refractivity contribution in [2.24, 2.45) is 0 Å². The minimum absolute atomic E-state index is 0.0244. The summed E-state index contributed by atoms with van der Waals surface area (Å²) in [5, 5.41) is 5.77. The van der Waals surface area contributed by atoms with Gasteiger partial charge in [0.15, 0.2) is 5.76 Å². The van der Waals surface area contributed by atoms with E-state index >= 15 is 0 Å². The molecule has 0 fully saturated rings. The van der Waals surface area contributed by atoms with Crippen LogP contribution in [0, 0.1) is 5.82 Å². The summed E-state index contributed by atoms with van der Waals surface area (Å²) >= 11 is 0. The molecule has 4 rings (SSSR count). The van der Waals surface area contributed by atoms with E-state index in [0.717, 1.165) is 16.8 Å². The van der Waals surface area contributed by atoms with Gasteiger partial charge in [0.05, 0.1) is 6.04 Å². The van der Waals surface area contributed by atoms with Crippen LogP contribution in [0.4, 0.5) is 10.1 Å². The number of aryl methyl sites for hydroxylation is 1. The molecule has 142 valence electrons. The van der Waals surface area contributed by atoms with Gasteiger partial charge in [-0.2, -0.15) is 0 Å². The SMILES string of the molecule is C[C@H](NC(=O)c1ccc(-c2ccc(F)cc2)o1)c1ccc2c(c1)CCC(=O)N2. The molecular weight excluding hydrogens is 359 g/mol. The molecule has 0 saturated carbocycles. The van der Waals surface area contributed by atoms with E-state index < -0.39 is 0 Å². The van der Waals surface area contributed by atoms with Crippen LogP contribution in [0.25, 0.3) is 11.3 Å². The summed E-state index contributed by atoms with van der Waals surface area (Å²) in [6.07, 6.45) is 1.16. The zero-order valence-corrected chi connectivity index (χ0v) is 15.3. The Kier molecular flexibility index (Phi) is 4.69. The smallest absolute Gasteiger partial charge is 0.287 e. The fourth-order valence-electron chi connectivity index (χ4n) is 3.25. The first-order valence-electron chi connectivity index (χ1n) is 9.09. The van der Waals surface area contributed by atoms with E-state index in [9.17, 15) is 14.0 Å². The zero-order valence-electron chi connectivity index (χ0n) is 15.3. The highest BCUT2D eigenvalue weighted by Crippen LogP contribution is 2.27. The lowest BCUT2D eigenvalue weighted by Crippen LogP contribution is -2.26. The van der Waals surface area contributed by atoms with Crippen LogP contribution < -0.4 is 10.6 Å². The van der Waals surface area contributed by atoms with Gasteiger partial charge in [-0.3, -0.25) is 9.59 Å². The van der Waals surface area contributed by atoms with Crippen molar-refractivity contribution in [2.75, 3.05) is 5.32 Å². The Hall–Kier alpha value is -3.41. The third kappa shape index (κ3) is 3.67. The molecule has 3 aromatic rings. The van der Waals surface area contributed by atoms with Gasteiger partial charge in [0.1, 0.15) is 11.6 Å². The van der Waals surface area contributed by atoms with Gasteiger partial charge in [0.2, 0.25) is 5.91 Å². The van der Waals surface area contributed by atoms with Crippen LogP contribution in [-0.4, -0.2) is 11.8 Å². The Morgan fingerprint density at radius 3 is 2.68 bits per heavy atom. The molecule has 1 aliphatic heterocycles. The standard InChI is InChI=1S/C22H19FN2O3/c1-13(15-4-8-18-16(12-15)5-11-21(26)25-18)24-22(27)20-10-9-19(28-20)14-2-6-17(23)7-3-14/h2-4,6-10,12-13H,5,11H2,1H3,(H,24,27)(H,25,26)/t13-/m0/s1. The second kappa shape index (κ2) is 7.31.